The molecule has 0 unspecified atom stereocenters. The lowest BCUT2D eigenvalue weighted by Gasteiger charge is -2.14. The molecule has 136 valence electrons. The second-order valence-electron chi connectivity index (χ2n) is 6.31. The standard InChI is InChI=1S/C20H22N2O3S/c1-4-11-22-19(23)17(16-6-5-12-26-16)18(20(22)24)21-14-7-9-15(10-8-14)25-13(2)3/h5-10,12-13,21H,4,11H2,1-3H3. The van der Waals surface area contributed by atoms with Gasteiger partial charge in [-0.05, 0) is 56.0 Å². The third-order valence-corrected chi connectivity index (χ3v) is 4.77. The Morgan fingerprint density at radius 1 is 1.12 bits per heavy atom. The molecule has 0 atom stereocenters. The molecular weight excluding hydrogens is 348 g/mol. The van der Waals surface area contributed by atoms with Crippen LogP contribution >= 0.6 is 11.3 Å². The lowest BCUT2D eigenvalue weighted by molar-refractivity contribution is -0.136. The van der Waals surface area contributed by atoms with Gasteiger partial charge in [-0.25, -0.2) is 0 Å². The first-order valence-corrected chi connectivity index (χ1v) is 9.57. The summed E-state index contributed by atoms with van der Waals surface area (Å²) in [6.07, 6.45) is 0.822. The van der Waals surface area contributed by atoms with Gasteiger partial charge in [0.25, 0.3) is 11.8 Å². The fraction of sp³-hybridized carbons (Fsp3) is 0.300. The number of nitrogens with one attached hydrogen (secondary N) is 1. The summed E-state index contributed by atoms with van der Waals surface area (Å²) in [5, 5.41) is 5.05. The molecule has 1 N–H and O–H groups in total. The minimum Gasteiger partial charge on any atom is -0.491 e. The van der Waals surface area contributed by atoms with Crippen LogP contribution in [0.1, 0.15) is 32.1 Å². The minimum atomic E-state index is -0.275. The normalized spacial score (nSPS) is 14.5. The average Bonchev–Trinajstić information content (AvgIpc) is 3.20. The van der Waals surface area contributed by atoms with E-state index in [0.717, 1.165) is 22.7 Å². The first-order chi connectivity index (χ1) is 12.5. The van der Waals surface area contributed by atoms with E-state index in [4.69, 9.17) is 4.74 Å². The van der Waals surface area contributed by atoms with Crippen molar-refractivity contribution in [3.63, 3.8) is 0 Å². The Bertz CT molecular complexity index is 823. The van der Waals surface area contributed by atoms with Crippen molar-refractivity contribution < 1.29 is 14.3 Å². The number of carbonyl (C=O) groups excluding carboxylic acids is 2. The molecule has 3 rings (SSSR count). The lowest BCUT2D eigenvalue weighted by Crippen LogP contribution is -2.33. The van der Waals surface area contributed by atoms with Crippen LogP contribution in [0, 0.1) is 0 Å². The maximum Gasteiger partial charge on any atom is 0.278 e. The third-order valence-electron chi connectivity index (χ3n) is 3.88. The maximum atomic E-state index is 12.8. The second-order valence-corrected chi connectivity index (χ2v) is 7.25. The fourth-order valence-corrected chi connectivity index (χ4v) is 3.57. The third kappa shape index (κ3) is 3.65. The van der Waals surface area contributed by atoms with E-state index in [9.17, 15) is 9.59 Å². The summed E-state index contributed by atoms with van der Waals surface area (Å²) in [4.78, 5) is 27.7. The number of rotatable bonds is 7. The molecule has 1 aliphatic rings. The molecule has 2 heterocycles. The van der Waals surface area contributed by atoms with Crippen LogP contribution in [0.15, 0.2) is 47.5 Å². The van der Waals surface area contributed by atoms with E-state index in [-0.39, 0.29) is 17.9 Å². The number of thiophene rings is 1. The van der Waals surface area contributed by atoms with Gasteiger partial charge in [0.05, 0.1) is 11.7 Å². The van der Waals surface area contributed by atoms with Crippen molar-refractivity contribution in [1.82, 2.24) is 4.90 Å². The average molecular weight is 370 g/mol. The van der Waals surface area contributed by atoms with Crippen molar-refractivity contribution in [3.8, 4) is 5.75 Å². The fourth-order valence-electron chi connectivity index (χ4n) is 2.80. The minimum absolute atomic E-state index is 0.0959. The topological polar surface area (TPSA) is 58.6 Å². The van der Waals surface area contributed by atoms with Gasteiger partial charge in [0.15, 0.2) is 0 Å². The zero-order chi connectivity index (χ0) is 18.7. The predicted octanol–water partition coefficient (Wildman–Crippen LogP) is 4.14. The first kappa shape index (κ1) is 18.2. The van der Waals surface area contributed by atoms with Crippen molar-refractivity contribution >= 4 is 34.4 Å². The van der Waals surface area contributed by atoms with Crippen molar-refractivity contribution in [1.29, 1.82) is 0 Å². The lowest BCUT2D eigenvalue weighted by atomic mass is 10.2. The summed E-state index contributed by atoms with van der Waals surface area (Å²) in [5.41, 5.74) is 1.52. The summed E-state index contributed by atoms with van der Waals surface area (Å²) in [5.74, 6) is 0.253. The van der Waals surface area contributed by atoms with E-state index in [1.807, 2.05) is 62.5 Å². The highest BCUT2D eigenvalue weighted by Crippen LogP contribution is 2.33. The van der Waals surface area contributed by atoms with Crippen LogP contribution < -0.4 is 10.1 Å². The number of benzene rings is 1. The SMILES string of the molecule is CCCN1C(=O)C(Nc2ccc(OC(C)C)cc2)=C(c2cccs2)C1=O. The van der Waals surface area contributed by atoms with E-state index >= 15 is 0 Å². The number of amides is 2. The zero-order valence-corrected chi connectivity index (χ0v) is 15.9. The van der Waals surface area contributed by atoms with Gasteiger partial charge in [-0.3, -0.25) is 14.5 Å². The van der Waals surface area contributed by atoms with E-state index in [0.29, 0.717) is 17.8 Å². The molecule has 6 heteroatoms. The second kappa shape index (κ2) is 7.74. The van der Waals surface area contributed by atoms with Gasteiger partial charge in [0.1, 0.15) is 11.4 Å². The molecule has 0 bridgehead atoms. The number of imide groups is 1. The highest BCUT2D eigenvalue weighted by atomic mass is 32.1. The number of anilines is 1. The quantitative estimate of drug-likeness (QED) is 0.744. The summed E-state index contributed by atoms with van der Waals surface area (Å²) in [6.45, 7) is 6.30. The summed E-state index contributed by atoms with van der Waals surface area (Å²) in [6, 6.07) is 11.1. The van der Waals surface area contributed by atoms with Crippen LogP contribution in [0.5, 0.6) is 5.75 Å². The van der Waals surface area contributed by atoms with E-state index in [1.165, 1.54) is 16.2 Å². The van der Waals surface area contributed by atoms with Crippen LogP contribution in [0.3, 0.4) is 0 Å². The zero-order valence-electron chi connectivity index (χ0n) is 15.1. The smallest absolute Gasteiger partial charge is 0.278 e. The van der Waals surface area contributed by atoms with E-state index in [2.05, 4.69) is 5.32 Å². The highest BCUT2D eigenvalue weighted by molar-refractivity contribution is 7.11. The molecular formula is C20H22N2O3S. The summed E-state index contributed by atoms with van der Waals surface area (Å²) < 4.78 is 5.64. The molecule has 2 aromatic rings. The number of nitrogens with zero attached hydrogens (tertiary/aromatic N) is 1. The van der Waals surface area contributed by atoms with Gasteiger partial charge in [0, 0.05) is 17.1 Å². The first-order valence-electron chi connectivity index (χ1n) is 8.69. The predicted molar refractivity (Wildman–Crippen MR) is 104 cm³/mol. The monoisotopic (exact) mass is 370 g/mol. The largest absolute Gasteiger partial charge is 0.491 e. The molecule has 0 fully saturated rings. The van der Waals surface area contributed by atoms with Crippen molar-refractivity contribution in [2.75, 3.05) is 11.9 Å². The van der Waals surface area contributed by atoms with Gasteiger partial charge in [-0.15, -0.1) is 11.3 Å². The summed E-state index contributed by atoms with van der Waals surface area (Å²) >= 11 is 1.45. The van der Waals surface area contributed by atoms with Crippen LogP contribution in [0.2, 0.25) is 0 Å². The van der Waals surface area contributed by atoms with Gasteiger partial charge in [0.2, 0.25) is 0 Å². The summed E-state index contributed by atoms with van der Waals surface area (Å²) in [7, 11) is 0. The van der Waals surface area contributed by atoms with Crippen molar-refractivity contribution in [3.05, 3.63) is 52.4 Å². The molecule has 1 aromatic carbocycles. The molecule has 0 saturated heterocycles. The Morgan fingerprint density at radius 3 is 2.42 bits per heavy atom. The van der Waals surface area contributed by atoms with Crippen molar-refractivity contribution in [2.45, 2.75) is 33.3 Å². The maximum absolute atomic E-state index is 12.8. The Morgan fingerprint density at radius 2 is 1.85 bits per heavy atom. The molecule has 2 amide bonds. The number of hydrogen-bond acceptors (Lipinski definition) is 5. The Labute approximate surface area is 157 Å². The van der Waals surface area contributed by atoms with Gasteiger partial charge in [-0.1, -0.05) is 13.0 Å². The molecule has 0 aliphatic carbocycles. The van der Waals surface area contributed by atoms with Crippen LogP contribution in [0.25, 0.3) is 5.57 Å². The number of carbonyl (C=O) groups is 2. The van der Waals surface area contributed by atoms with E-state index < -0.39 is 0 Å². The molecule has 0 spiro atoms. The van der Waals surface area contributed by atoms with Crippen molar-refractivity contribution in [2.24, 2.45) is 0 Å². The number of hydrogen-bond donors (Lipinski definition) is 1. The Kier molecular flexibility index (Phi) is 5.42. The number of ether oxygens (including phenoxy) is 1. The van der Waals surface area contributed by atoms with Crippen LogP contribution in [-0.2, 0) is 9.59 Å². The Balaban J connectivity index is 1.91. The molecule has 26 heavy (non-hydrogen) atoms. The molecule has 5 nitrogen and oxygen atoms in total. The molecule has 1 aromatic heterocycles. The highest BCUT2D eigenvalue weighted by Gasteiger charge is 2.39. The molecule has 0 saturated carbocycles. The van der Waals surface area contributed by atoms with Gasteiger partial charge >= 0.3 is 0 Å². The van der Waals surface area contributed by atoms with E-state index in [1.54, 1.807) is 0 Å². The molecule has 1 aliphatic heterocycles. The van der Waals surface area contributed by atoms with Gasteiger partial charge in [-0.2, -0.15) is 0 Å². The van der Waals surface area contributed by atoms with Gasteiger partial charge < -0.3 is 10.1 Å². The van der Waals surface area contributed by atoms with Crippen LogP contribution in [-0.4, -0.2) is 29.4 Å². The van der Waals surface area contributed by atoms with Crippen LogP contribution in [0.4, 0.5) is 5.69 Å². The molecule has 0 radical (unpaired) electrons. The Hall–Kier alpha value is -2.60.